The van der Waals surface area contributed by atoms with Gasteiger partial charge in [0.15, 0.2) is 11.5 Å². The number of methoxy groups -OCH3 is 1. The van der Waals surface area contributed by atoms with E-state index in [1.165, 1.54) is 26.4 Å². The number of aromatic nitrogens is 1. The van der Waals surface area contributed by atoms with E-state index in [1.807, 2.05) is 18.2 Å². The summed E-state index contributed by atoms with van der Waals surface area (Å²) in [5, 5.41) is 14.9. The number of ether oxygens (including phenoxy) is 1. The highest BCUT2D eigenvalue weighted by molar-refractivity contribution is 7.93. The van der Waals surface area contributed by atoms with Crippen molar-refractivity contribution in [3.05, 3.63) is 41.6 Å². The molecule has 3 aromatic rings. The fourth-order valence-electron chi connectivity index (χ4n) is 4.24. The van der Waals surface area contributed by atoms with Gasteiger partial charge in [-0.15, -0.1) is 0 Å². The number of nitrogens with one attached hydrogen (secondary N) is 1. The van der Waals surface area contributed by atoms with Gasteiger partial charge in [-0.1, -0.05) is 36.9 Å². The second kappa shape index (κ2) is 9.16. The molecule has 8 heteroatoms. The van der Waals surface area contributed by atoms with Crippen LogP contribution in [0.2, 0.25) is 5.02 Å². The number of nitrogens with zero attached hydrogens (tertiary/aromatic N) is 2. The minimum absolute atomic E-state index is 0.0856. The van der Waals surface area contributed by atoms with Crippen molar-refractivity contribution in [2.24, 2.45) is 4.36 Å². The van der Waals surface area contributed by atoms with Crippen LogP contribution in [0.25, 0.3) is 22.0 Å². The van der Waals surface area contributed by atoms with Crippen molar-refractivity contribution in [1.82, 2.24) is 4.98 Å². The second-order valence-corrected chi connectivity index (χ2v) is 11.0. The van der Waals surface area contributed by atoms with Gasteiger partial charge in [0.05, 0.1) is 38.0 Å². The number of phenols is 1. The van der Waals surface area contributed by atoms with E-state index in [4.69, 9.17) is 16.3 Å². The summed E-state index contributed by atoms with van der Waals surface area (Å²) in [6.07, 6.45) is 9.13. The van der Waals surface area contributed by atoms with Gasteiger partial charge in [-0.3, -0.25) is 4.98 Å². The number of anilines is 1. The molecule has 1 atom stereocenters. The molecular weight excluding hydrogens is 446 g/mol. The predicted molar refractivity (Wildman–Crippen MR) is 132 cm³/mol. The summed E-state index contributed by atoms with van der Waals surface area (Å²) in [6.45, 7) is 0. The lowest BCUT2D eigenvalue weighted by Gasteiger charge is -2.26. The van der Waals surface area contributed by atoms with E-state index >= 15 is 0 Å². The first kappa shape index (κ1) is 22.7. The Kier molecular flexibility index (Phi) is 6.49. The van der Waals surface area contributed by atoms with Gasteiger partial charge in [-0.2, -0.15) is 0 Å². The van der Waals surface area contributed by atoms with Gasteiger partial charge in [0.2, 0.25) is 0 Å². The average Bonchev–Trinajstić information content (AvgIpc) is 2.81. The third-order valence-electron chi connectivity index (χ3n) is 6.12. The van der Waals surface area contributed by atoms with Crippen LogP contribution in [0.3, 0.4) is 0 Å². The third kappa shape index (κ3) is 4.36. The number of phenolic OH excluding ortho intramolecular Hbond substituents is 1. The maximum absolute atomic E-state index is 13.3. The monoisotopic (exact) mass is 473 g/mol. The van der Waals surface area contributed by atoms with E-state index < -0.39 is 9.73 Å². The second-order valence-electron chi connectivity index (χ2n) is 8.20. The van der Waals surface area contributed by atoms with Crippen LogP contribution < -0.4 is 10.1 Å². The SMILES string of the molecule is CN=S(C)(=O)c1cnc2ccc(-c3cc(Cl)c(O)c(OC)c3)cc2c1NC1CCCCC1. The zero-order valence-corrected chi connectivity index (χ0v) is 20.1. The molecule has 1 aromatic heterocycles. The molecule has 32 heavy (non-hydrogen) atoms. The first-order chi connectivity index (χ1) is 15.3. The molecule has 1 unspecified atom stereocenters. The standard InChI is InChI=1S/C24H28ClN3O3S/c1-26-32(3,30)22-14-27-20-10-9-15(16-12-19(25)24(29)21(13-16)31-2)11-18(20)23(22)28-17-7-5-4-6-8-17/h9-14,17,29H,4-8H2,1-3H3,(H,27,28). The minimum Gasteiger partial charge on any atom is -0.503 e. The first-order valence-corrected chi connectivity index (χ1v) is 13.0. The number of fused-ring (bicyclic) bond motifs is 1. The fraction of sp³-hybridized carbons (Fsp3) is 0.375. The highest BCUT2D eigenvalue weighted by Crippen LogP contribution is 2.40. The zero-order chi connectivity index (χ0) is 22.9. The van der Waals surface area contributed by atoms with Gasteiger partial charge >= 0.3 is 0 Å². The summed E-state index contributed by atoms with van der Waals surface area (Å²) < 4.78 is 22.7. The van der Waals surface area contributed by atoms with Crippen molar-refractivity contribution in [3.63, 3.8) is 0 Å². The summed E-state index contributed by atoms with van der Waals surface area (Å²) in [6, 6.07) is 9.69. The van der Waals surface area contributed by atoms with E-state index in [9.17, 15) is 9.32 Å². The van der Waals surface area contributed by atoms with E-state index in [0.29, 0.717) is 16.7 Å². The van der Waals surface area contributed by atoms with Gasteiger partial charge < -0.3 is 15.2 Å². The van der Waals surface area contributed by atoms with Crippen molar-refractivity contribution in [2.45, 2.75) is 43.0 Å². The van der Waals surface area contributed by atoms with E-state index in [2.05, 4.69) is 14.7 Å². The molecule has 0 amide bonds. The Bertz CT molecular complexity index is 1280. The lowest BCUT2D eigenvalue weighted by atomic mass is 9.95. The van der Waals surface area contributed by atoms with Crippen molar-refractivity contribution in [1.29, 1.82) is 0 Å². The number of hydrogen-bond donors (Lipinski definition) is 2. The van der Waals surface area contributed by atoms with Crippen molar-refractivity contribution >= 4 is 37.9 Å². The Labute approximate surface area is 194 Å². The Balaban J connectivity index is 1.92. The average molecular weight is 474 g/mol. The van der Waals surface area contributed by atoms with Gasteiger partial charge in [-0.25, -0.2) is 8.57 Å². The fourth-order valence-corrected chi connectivity index (χ4v) is 5.44. The Morgan fingerprint density at radius 3 is 2.62 bits per heavy atom. The summed E-state index contributed by atoms with van der Waals surface area (Å²) in [4.78, 5) is 5.20. The van der Waals surface area contributed by atoms with E-state index in [1.54, 1.807) is 31.6 Å². The van der Waals surface area contributed by atoms with Gasteiger partial charge in [0.1, 0.15) is 0 Å². The van der Waals surface area contributed by atoms with Gasteiger partial charge in [0, 0.05) is 30.9 Å². The van der Waals surface area contributed by atoms with E-state index in [0.717, 1.165) is 40.6 Å². The van der Waals surface area contributed by atoms with E-state index in [-0.39, 0.29) is 10.8 Å². The number of benzene rings is 2. The van der Waals surface area contributed by atoms with Crippen molar-refractivity contribution < 1.29 is 14.1 Å². The molecule has 6 nitrogen and oxygen atoms in total. The number of aromatic hydroxyl groups is 1. The molecule has 170 valence electrons. The molecule has 2 aromatic carbocycles. The summed E-state index contributed by atoms with van der Waals surface area (Å²) in [5.41, 5.74) is 3.33. The molecule has 0 spiro atoms. The lowest BCUT2D eigenvalue weighted by Crippen LogP contribution is -2.23. The Hall–Kier alpha value is -2.51. The zero-order valence-electron chi connectivity index (χ0n) is 18.5. The molecule has 1 heterocycles. The summed E-state index contributed by atoms with van der Waals surface area (Å²) in [7, 11) is 0.476. The van der Waals surface area contributed by atoms with Crippen LogP contribution in [0.1, 0.15) is 32.1 Å². The topological polar surface area (TPSA) is 83.8 Å². The van der Waals surface area contributed by atoms with Crippen LogP contribution in [-0.4, -0.2) is 40.8 Å². The molecule has 2 N–H and O–H groups in total. The summed E-state index contributed by atoms with van der Waals surface area (Å²) in [5.74, 6) is 0.221. The van der Waals surface area contributed by atoms with Gasteiger partial charge in [0.25, 0.3) is 0 Å². The molecular formula is C24H28ClN3O3S. The minimum atomic E-state index is -2.60. The molecule has 1 aliphatic rings. The van der Waals surface area contributed by atoms with Crippen LogP contribution in [-0.2, 0) is 9.73 Å². The number of rotatable bonds is 5. The number of hydrogen-bond acceptors (Lipinski definition) is 6. The predicted octanol–water partition coefficient (Wildman–Crippen LogP) is 6.10. The highest BCUT2D eigenvalue weighted by Gasteiger charge is 2.21. The Morgan fingerprint density at radius 2 is 1.94 bits per heavy atom. The molecule has 1 saturated carbocycles. The smallest absolute Gasteiger partial charge is 0.176 e. The largest absolute Gasteiger partial charge is 0.503 e. The molecule has 0 bridgehead atoms. The molecule has 0 aliphatic heterocycles. The molecule has 0 radical (unpaired) electrons. The molecule has 1 aliphatic carbocycles. The lowest BCUT2D eigenvalue weighted by molar-refractivity contribution is 0.374. The normalized spacial score (nSPS) is 16.5. The van der Waals surface area contributed by atoms with Crippen LogP contribution in [0.4, 0.5) is 5.69 Å². The van der Waals surface area contributed by atoms with Crippen molar-refractivity contribution in [2.75, 3.05) is 25.7 Å². The van der Waals surface area contributed by atoms with Crippen LogP contribution in [0.15, 0.2) is 45.8 Å². The molecule has 1 fully saturated rings. The maximum Gasteiger partial charge on any atom is 0.176 e. The maximum atomic E-state index is 13.3. The first-order valence-electron chi connectivity index (χ1n) is 10.7. The summed E-state index contributed by atoms with van der Waals surface area (Å²) >= 11 is 6.22. The molecule has 0 saturated heterocycles. The highest BCUT2D eigenvalue weighted by atomic mass is 35.5. The van der Waals surface area contributed by atoms with Crippen molar-refractivity contribution in [3.8, 4) is 22.6 Å². The number of halogens is 1. The van der Waals surface area contributed by atoms with Crippen LogP contribution in [0.5, 0.6) is 11.5 Å². The van der Waals surface area contributed by atoms with Crippen LogP contribution >= 0.6 is 11.6 Å². The molecule has 4 rings (SSSR count). The third-order valence-corrected chi connectivity index (χ3v) is 8.24. The quantitative estimate of drug-likeness (QED) is 0.467. The number of pyridine rings is 1. The Morgan fingerprint density at radius 1 is 1.19 bits per heavy atom. The van der Waals surface area contributed by atoms with Crippen LogP contribution in [0, 0.1) is 0 Å². The van der Waals surface area contributed by atoms with Gasteiger partial charge in [-0.05, 0) is 48.2 Å².